The van der Waals surface area contributed by atoms with Gasteiger partial charge in [-0.3, -0.25) is 0 Å². The van der Waals surface area contributed by atoms with E-state index in [2.05, 4.69) is 23.7 Å². The highest BCUT2D eigenvalue weighted by Gasteiger charge is 2.21. The van der Waals surface area contributed by atoms with E-state index in [0.29, 0.717) is 6.54 Å². The van der Waals surface area contributed by atoms with E-state index in [0.717, 1.165) is 18.5 Å². The second-order valence-corrected chi connectivity index (χ2v) is 4.83. The summed E-state index contributed by atoms with van der Waals surface area (Å²) in [6.07, 6.45) is 3.61. The fourth-order valence-electron chi connectivity index (χ4n) is 1.55. The van der Waals surface area contributed by atoms with E-state index in [1.165, 1.54) is 4.90 Å². The van der Waals surface area contributed by atoms with Crippen LogP contribution in [0.25, 0.3) is 0 Å². The number of thioether (sulfide) groups is 1. The van der Waals surface area contributed by atoms with Crippen LogP contribution in [0.3, 0.4) is 0 Å². The zero-order chi connectivity index (χ0) is 12.0. The quantitative estimate of drug-likeness (QED) is 0.747. The second kappa shape index (κ2) is 6.16. The average Bonchev–Trinajstić information content (AvgIpc) is 2.36. The van der Waals surface area contributed by atoms with Crippen LogP contribution in [0.5, 0.6) is 0 Å². The Labute approximate surface area is 102 Å². The van der Waals surface area contributed by atoms with Gasteiger partial charge in [0.1, 0.15) is 0 Å². The first-order valence-corrected chi connectivity index (χ1v) is 6.97. The molecule has 0 aliphatic heterocycles. The van der Waals surface area contributed by atoms with E-state index in [1.54, 1.807) is 11.8 Å². The molecule has 1 aromatic rings. The maximum Gasteiger partial charge on any atom is 0.0814 e. The summed E-state index contributed by atoms with van der Waals surface area (Å²) < 4.78 is 0. The van der Waals surface area contributed by atoms with Gasteiger partial charge in [0.05, 0.1) is 5.60 Å². The Morgan fingerprint density at radius 3 is 2.44 bits per heavy atom. The molecule has 0 radical (unpaired) electrons. The molecule has 0 aliphatic rings. The van der Waals surface area contributed by atoms with Crippen LogP contribution in [0.2, 0.25) is 0 Å². The summed E-state index contributed by atoms with van der Waals surface area (Å²) in [6, 6.07) is 8.18. The van der Waals surface area contributed by atoms with Gasteiger partial charge in [-0.2, -0.15) is 0 Å². The fraction of sp³-hybridized carbons (Fsp3) is 0.538. The fourth-order valence-corrected chi connectivity index (χ4v) is 2.13. The highest BCUT2D eigenvalue weighted by Crippen LogP contribution is 2.25. The van der Waals surface area contributed by atoms with Crippen molar-refractivity contribution in [1.29, 1.82) is 0 Å². The van der Waals surface area contributed by atoms with Crippen molar-refractivity contribution in [3.05, 3.63) is 24.3 Å². The van der Waals surface area contributed by atoms with Crippen LogP contribution >= 0.6 is 11.8 Å². The Hall–Kier alpha value is -0.670. The first-order chi connectivity index (χ1) is 7.65. The normalized spacial score (nSPS) is 11.5. The van der Waals surface area contributed by atoms with Crippen molar-refractivity contribution >= 4 is 17.4 Å². The number of benzene rings is 1. The Morgan fingerprint density at radius 1 is 1.25 bits per heavy atom. The molecule has 2 N–H and O–H groups in total. The first kappa shape index (κ1) is 13.4. The summed E-state index contributed by atoms with van der Waals surface area (Å²) in [4.78, 5) is 1.22. The van der Waals surface area contributed by atoms with Crippen molar-refractivity contribution in [3.63, 3.8) is 0 Å². The lowest BCUT2D eigenvalue weighted by Crippen LogP contribution is -2.35. The van der Waals surface area contributed by atoms with Crippen LogP contribution in [0.4, 0.5) is 5.69 Å². The zero-order valence-electron chi connectivity index (χ0n) is 10.3. The van der Waals surface area contributed by atoms with Gasteiger partial charge < -0.3 is 10.4 Å². The van der Waals surface area contributed by atoms with E-state index in [4.69, 9.17) is 0 Å². The monoisotopic (exact) mass is 239 g/mol. The van der Waals surface area contributed by atoms with Crippen molar-refractivity contribution in [3.8, 4) is 0 Å². The molecule has 1 aromatic carbocycles. The lowest BCUT2D eigenvalue weighted by Gasteiger charge is -2.26. The van der Waals surface area contributed by atoms with Crippen molar-refractivity contribution in [2.45, 2.75) is 37.2 Å². The SMILES string of the molecule is CCC(O)(CC)CNc1ccccc1SC. The van der Waals surface area contributed by atoms with Gasteiger partial charge in [0.25, 0.3) is 0 Å². The smallest absolute Gasteiger partial charge is 0.0814 e. The molecule has 2 nitrogen and oxygen atoms in total. The number of nitrogens with one attached hydrogen (secondary N) is 1. The van der Waals surface area contributed by atoms with Gasteiger partial charge in [0, 0.05) is 17.1 Å². The molecule has 0 unspecified atom stereocenters. The van der Waals surface area contributed by atoms with Gasteiger partial charge in [-0.1, -0.05) is 26.0 Å². The Balaban J connectivity index is 2.67. The molecular formula is C13H21NOS. The number of aliphatic hydroxyl groups is 1. The Bertz CT molecular complexity index is 323. The third kappa shape index (κ3) is 3.42. The molecule has 0 spiro atoms. The molecule has 0 aromatic heterocycles. The summed E-state index contributed by atoms with van der Waals surface area (Å²) in [5.41, 5.74) is 0.515. The van der Waals surface area contributed by atoms with Gasteiger partial charge >= 0.3 is 0 Å². The van der Waals surface area contributed by atoms with Crippen LogP contribution in [0.15, 0.2) is 29.2 Å². The molecule has 0 atom stereocenters. The van der Waals surface area contributed by atoms with E-state index < -0.39 is 5.60 Å². The highest BCUT2D eigenvalue weighted by molar-refractivity contribution is 7.98. The van der Waals surface area contributed by atoms with Crippen LogP contribution in [0, 0.1) is 0 Å². The van der Waals surface area contributed by atoms with Crippen LogP contribution in [-0.4, -0.2) is 23.5 Å². The van der Waals surface area contributed by atoms with Crippen molar-refractivity contribution in [2.75, 3.05) is 18.1 Å². The minimum absolute atomic E-state index is 0.592. The van der Waals surface area contributed by atoms with Gasteiger partial charge in [0.15, 0.2) is 0 Å². The molecule has 0 aliphatic carbocycles. The summed E-state index contributed by atoms with van der Waals surface area (Å²) in [5, 5.41) is 13.5. The van der Waals surface area contributed by atoms with Crippen LogP contribution in [0.1, 0.15) is 26.7 Å². The molecule has 0 fully saturated rings. The molecule has 16 heavy (non-hydrogen) atoms. The standard InChI is InChI=1S/C13H21NOS/c1-4-13(15,5-2)10-14-11-8-6-7-9-12(11)16-3/h6-9,14-15H,4-5,10H2,1-3H3. The number of para-hydroxylation sites is 1. The molecule has 0 saturated carbocycles. The number of anilines is 1. The third-order valence-corrected chi connectivity index (χ3v) is 3.83. The number of hydrogen-bond donors (Lipinski definition) is 2. The van der Waals surface area contributed by atoms with E-state index >= 15 is 0 Å². The van der Waals surface area contributed by atoms with Gasteiger partial charge in [-0.25, -0.2) is 0 Å². The predicted octanol–water partition coefficient (Wildman–Crippen LogP) is 3.37. The number of hydrogen-bond acceptors (Lipinski definition) is 3. The minimum Gasteiger partial charge on any atom is -0.388 e. The predicted molar refractivity (Wildman–Crippen MR) is 72.2 cm³/mol. The molecule has 0 amide bonds. The Kier molecular flexibility index (Phi) is 5.16. The lowest BCUT2D eigenvalue weighted by atomic mass is 9.97. The highest BCUT2D eigenvalue weighted by atomic mass is 32.2. The molecule has 0 heterocycles. The minimum atomic E-state index is -0.592. The summed E-state index contributed by atoms with van der Waals surface area (Å²) in [5.74, 6) is 0. The van der Waals surface area contributed by atoms with Crippen LogP contribution < -0.4 is 5.32 Å². The molecule has 0 bridgehead atoms. The van der Waals surface area contributed by atoms with Crippen molar-refractivity contribution < 1.29 is 5.11 Å². The van der Waals surface area contributed by atoms with Gasteiger partial charge in [-0.15, -0.1) is 11.8 Å². The van der Waals surface area contributed by atoms with E-state index in [-0.39, 0.29) is 0 Å². The van der Waals surface area contributed by atoms with Crippen molar-refractivity contribution in [1.82, 2.24) is 0 Å². The summed E-state index contributed by atoms with van der Waals surface area (Å²) in [6.45, 7) is 4.65. The average molecular weight is 239 g/mol. The Morgan fingerprint density at radius 2 is 1.88 bits per heavy atom. The van der Waals surface area contributed by atoms with Gasteiger partial charge in [-0.05, 0) is 31.2 Å². The maximum atomic E-state index is 10.2. The topological polar surface area (TPSA) is 32.3 Å². The molecular weight excluding hydrogens is 218 g/mol. The van der Waals surface area contributed by atoms with Gasteiger partial charge in [0.2, 0.25) is 0 Å². The molecule has 90 valence electrons. The first-order valence-electron chi connectivity index (χ1n) is 5.74. The van der Waals surface area contributed by atoms with Crippen LogP contribution in [-0.2, 0) is 0 Å². The number of rotatable bonds is 6. The van der Waals surface area contributed by atoms with E-state index in [9.17, 15) is 5.11 Å². The largest absolute Gasteiger partial charge is 0.388 e. The molecule has 0 saturated heterocycles. The zero-order valence-corrected chi connectivity index (χ0v) is 11.1. The lowest BCUT2D eigenvalue weighted by molar-refractivity contribution is 0.0456. The maximum absolute atomic E-state index is 10.2. The van der Waals surface area contributed by atoms with Crippen molar-refractivity contribution in [2.24, 2.45) is 0 Å². The second-order valence-electron chi connectivity index (χ2n) is 3.99. The summed E-state index contributed by atoms with van der Waals surface area (Å²) >= 11 is 1.72. The van der Waals surface area contributed by atoms with E-state index in [1.807, 2.05) is 26.0 Å². The summed E-state index contributed by atoms with van der Waals surface area (Å²) in [7, 11) is 0. The molecule has 3 heteroatoms. The molecule has 1 rings (SSSR count). The third-order valence-electron chi connectivity index (χ3n) is 3.03.